The zero-order valence-corrected chi connectivity index (χ0v) is 12.2. The Morgan fingerprint density at radius 2 is 2.10 bits per heavy atom. The molecule has 5 heteroatoms. The van der Waals surface area contributed by atoms with Gasteiger partial charge in [0, 0.05) is 25.7 Å². The maximum Gasteiger partial charge on any atom is 0.323 e. The van der Waals surface area contributed by atoms with Crippen molar-refractivity contribution < 1.29 is 4.79 Å². The number of nitrogens with zero attached hydrogens (tertiary/aromatic N) is 3. The predicted molar refractivity (Wildman–Crippen MR) is 82.5 cm³/mol. The van der Waals surface area contributed by atoms with Crippen molar-refractivity contribution in [2.45, 2.75) is 26.3 Å². The Labute approximate surface area is 124 Å². The van der Waals surface area contributed by atoms with Crippen LogP contribution < -0.4 is 10.2 Å². The number of benzene rings is 1. The second-order valence-corrected chi connectivity index (χ2v) is 5.34. The molecule has 5 nitrogen and oxygen atoms in total. The van der Waals surface area contributed by atoms with E-state index in [-0.39, 0.29) is 6.03 Å². The number of fused-ring (bicyclic) bond motifs is 1. The van der Waals surface area contributed by atoms with E-state index in [1.165, 1.54) is 5.56 Å². The van der Waals surface area contributed by atoms with Gasteiger partial charge in [-0.25, -0.2) is 9.48 Å². The topological polar surface area (TPSA) is 50.2 Å². The molecule has 110 valence electrons. The van der Waals surface area contributed by atoms with Crippen LogP contribution in [0.2, 0.25) is 0 Å². The molecular formula is C16H20N4O. The molecule has 3 rings (SSSR count). The molecule has 1 N–H and O–H groups in total. The minimum absolute atomic E-state index is 0.0354. The summed E-state index contributed by atoms with van der Waals surface area (Å²) in [6, 6.07) is 12.1. The Morgan fingerprint density at radius 1 is 1.29 bits per heavy atom. The van der Waals surface area contributed by atoms with Crippen LogP contribution in [0.15, 0.2) is 36.4 Å². The summed E-state index contributed by atoms with van der Waals surface area (Å²) in [5.74, 6) is 0.899. The average molecular weight is 284 g/mol. The van der Waals surface area contributed by atoms with Crippen LogP contribution in [0.4, 0.5) is 10.6 Å². The molecule has 0 saturated heterocycles. The van der Waals surface area contributed by atoms with Crippen molar-refractivity contribution in [3.05, 3.63) is 47.7 Å². The second kappa shape index (κ2) is 5.99. The third-order valence-corrected chi connectivity index (χ3v) is 3.69. The number of urea groups is 1. The Hall–Kier alpha value is -2.30. The van der Waals surface area contributed by atoms with E-state index < -0.39 is 0 Å². The molecule has 0 saturated carbocycles. The van der Waals surface area contributed by atoms with Gasteiger partial charge in [-0.1, -0.05) is 30.3 Å². The molecular weight excluding hydrogens is 264 g/mol. The van der Waals surface area contributed by atoms with E-state index in [4.69, 9.17) is 0 Å². The lowest BCUT2D eigenvalue weighted by Gasteiger charge is -2.27. The number of carbonyl (C=O) groups is 1. The van der Waals surface area contributed by atoms with Crippen LogP contribution in [0.3, 0.4) is 0 Å². The minimum atomic E-state index is -0.0354. The second-order valence-electron chi connectivity index (χ2n) is 5.34. The maximum absolute atomic E-state index is 12.3. The molecule has 2 aromatic rings. The molecule has 1 aromatic carbocycles. The van der Waals surface area contributed by atoms with Crippen molar-refractivity contribution in [1.82, 2.24) is 15.1 Å². The molecule has 1 aliphatic heterocycles. The number of hydrogen-bond donors (Lipinski definition) is 1. The third-order valence-electron chi connectivity index (χ3n) is 3.69. The lowest BCUT2D eigenvalue weighted by atomic mass is 10.1. The molecule has 0 radical (unpaired) electrons. The summed E-state index contributed by atoms with van der Waals surface area (Å²) >= 11 is 0. The standard InChI is InChI=1S/C16H20N4O/c1-13-12-15-19(10-5-11-20(15)18-13)16(21)17-9-8-14-6-3-2-4-7-14/h2-4,6-7,12H,5,8-11H2,1H3,(H,17,21). The van der Waals surface area contributed by atoms with Crippen LogP contribution >= 0.6 is 0 Å². The fourth-order valence-electron chi connectivity index (χ4n) is 2.67. The first-order chi connectivity index (χ1) is 10.2. The zero-order chi connectivity index (χ0) is 14.7. The number of aromatic nitrogens is 2. The van der Waals surface area contributed by atoms with Crippen molar-refractivity contribution in [3.63, 3.8) is 0 Å². The number of aryl methyl sites for hydroxylation is 2. The number of amides is 2. The summed E-state index contributed by atoms with van der Waals surface area (Å²) in [5, 5.41) is 7.40. The fraction of sp³-hybridized carbons (Fsp3) is 0.375. The Bertz CT molecular complexity index is 620. The molecule has 2 amide bonds. The number of hydrogen-bond acceptors (Lipinski definition) is 2. The third kappa shape index (κ3) is 3.07. The van der Waals surface area contributed by atoms with E-state index >= 15 is 0 Å². The molecule has 1 aliphatic rings. The van der Waals surface area contributed by atoms with Gasteiger partial charge in [-0.2, -0.15) is 5.10 Å². The van der Waals surface area contributed by atoms with Crippen LogP contribution in [-0.2, 0) is 13.0 Å². The van der Waals surface area contributed by atoms with Gasteiger partial charge < -0.3 is 5.32 Å². The smallest absolute Gasteiger partial charge is 0.323 e. The van der Waals surface area contributed by atoms with E-state index in [9.17, 15) is 4.79 Å². The van der Waals surface area contributed by atoms with Crippen molar-refractivity contribution in [1.29, 1.82) is 0 Å². The van der Waals surface area contributed by atoms with Gasteiger partial charge in [-0.15, -0.1) is 0 Å². The van der Waals surface area contributed by atoms with Gasteiger partial charge in [-0.3, -0.25) is 4.90 Å². The quantitative estimate of drug-likeness (QED) is 0.940. The summed E-state index contributed by atoms with van der Waals surface area (Å²) in [5.41, 5.74) is 2.19. The number of rotatable bonds is 3. The van der Waals surface area contributed by atoms with Gasteiger partial charge in [0.2, 0.25) is 0 Å². The van der Waals surface area contributed by atoms with Gasteiger partial charge in [0.25, 0.3) is 0 Å². The van der Waals surface area contributed by atoms with E-state index in [2.05, 4.69) is 22.5 Å². The van der Waals surface area contributed by atoms with Crippen LogP contribution in [0.5, 0.6) is 0 Å². The van der Waals surface area contributed by atoms with Crippen LogP contribution in [-0.4, -0.2) is 28.9 Å². The fourth-order valence-corrected chi connectivity index (χ4v) is 2.67. The van der Waals surface area contributed by atoms with Crippen molar-refractivity contribution in [3.8, 4) is 0 Å². The van der Waals surface area contributed by atoms with E-state index in [1.54, 1.807) is 4.90 Å². The monoisotopic (exact) mass is 284 g/mol. The zero-order valence-electron chi connectivity index (χ0n) is 12.2. The summed E-state index contributed by atoms with van der Waals surface area (Å²) in [6.45, 7) is 4.24. The summed E-state index contributed by atoms with van der Waals surface area (Å²) in [6.07, 6.45) is 1.79. The van der Waals surface area contributed by atoms with Gasteiger partial charge >= 0.3 is 6.03 Å². The molecule has 1 aromatic heterocycles. The molecule has 0 atom stereocenters. The van der Waals surface area contributed by atoms with Crippen LogP contribution in [0.25, 0.3) is 0 Å². The Morgan fingerprint density at radius 3 is 2.90 bits per heavy atom. The highest BCUT2D eigenvalue weighted by molar-refractivity contribution is 5.91. The van der Waals surface area contributed by atoms with Gasteiger partial charge in [0.15, 0.2) is 0 Å². The highest BCUT2D eigenvalue weighted by Gasteiger charge is 2.23. The van der Waals surface area contributed by atoms with Gasteiger partial charge in [0.05, 0.1) is 5.69 Å². The van der Waals surface area contributed by atoms with Gasteiger partial charge in [0.1, 0.15) is 5.82 Å². The Balaban J connectivity index is 1.59. The lowest BCUT2D eigenvalue weighted by molar-refractivity contribution is 0.244. The van der Waals surface area contributed by atoms with E-state index in [0.29, 0.717) is 6.54 Å². The summed E-state index contributed by atoms with van der Waals surface area (Å²) < 4.78 is 1.91. The minimum Gasteiger partial charge on any atom is -0.337 e. The molecule has 0 bridgehead atoms. The SMILES string of the molecule is Cc1cc2n(n1)CCCN2C(=O)NCCc1ccccc1. The first kappa shape index (κ1) is 13.7. The predicted octanol–water partition coefficient (Wildman–Crippen LogP) is 2.35. The van der Waals surface area contributed by atoms with Crippen LogP contribution in [0, 0.1) is 6.92 Å². The first-order valence-corrected chi connectivity index (χ1v) is 7.38. The highest BCUT2D eigenvalue weighted by Crippen LogP contribution is 2.21. The molecule has 0 spiro atoms. The van der Waals surface area contributed by atoms with Crippen molar-refractivity contribution >= 4 is 11.8 Å². The average Bonchev–Trinajstić information content (AvgIpc) is 2.88. The van der Waals surface area contributed by atoms with Gasteiger partial charge in [-0.05, 0) is 25.3 Å². The summed E-state index contributed by atoms with van der Waals surface area (Å²) in [7, 11) is 0. The van der Waals surface area contributed by atoms with Crippen molar-refractivity contribution in [2.75, 3.05) is 18.0 Å². The highest BCUT2D eigenvalue weighted by atomic mass is 16.2. The molecule has 0 fully saturated rings. The molecule has 2 heterocycles. The number of nitrogens with one attached hydrogen (secondary N) is 1. The molecule has 0 unspecified atom stereocenters. The van der Waals surface area contributed by atoms with E-state index in [0.717, 1.165) is 37.4 Å². The lowest BCUT2D eigenvalue weighted by Crippen LogP contribution is -2.44. The van der Waals surface area contributed by atoms with E-state index in [1.807, 2.05) is 35.9 Å². The van der Waals surface area contributed by atoms with Crippen molar-refractivity contribution in [2.24, 2.45) is 0 Å². The normalized spacial score (nSPS) is 13.9. The number of carbonyl (C=O) groups excluding carboxylic acids is 1. The summed E-state index contributed by atoms with van der Waals surface area (Å²) in [4.78, 5) is 14.1. The molecule has 21 heavy (non-hydrogen) atoms. The molecule has 0 aliphatic carbocycles. The Kier molecular flexibility index (Phi) is 3.90. The largest absolute Gasteiger partial charge is 0.337 e. The number of anilines is 1. The first-order valence-electron chi connectivity index (χ1n) is 7.38. The maximum atomic E-state index is 12.3. The van der Waals surface area contributed by atoms with Crippen LogP contribution in [0.1, 0.15) is 17.7 Å².